The van der Waals surface area contributed by atoms with Gasteiger partial charge in [-0.2, -0.15) is 0 Å². The molecular formula is C17H26O. The van der Waals surface area contributed by atoms with Gasteiger partial charge in [-0.25, -0.2) is 0 Å². The van der Waals surface area contributed by atoms with Crippen molar-refractivity contribution in [3.63, 3.8) is 0 Å². The van der Waals surface area contributed by atoms with Gasteiger partial charge in [0.1, 0.15) is 5.78 Å². The molecule has 0 amide bonds. The number of ketones is 1. The van der Waals surface area contributed by atoms with E-state index in [9.17, 15) is 4.79 Å². The molecule has 2 saturated carbocycles. The summed E-state index contributed by atoms with van der Waals surface area (Å²) in [5.74, 6) is 1.41. The maximum Gasteiger partial charge on any atom is 0.136 e. The summed E-state index contributed by atoms with van der Waals surface area (Å²) in [7, 11) is 0. The second-order valence-corrected chi connectivity index (χ2v) is 7.39. The van der Waals surface area contributed by atoms with Crippen molar-refractivity contribution in [2.45, 2.75) is 65.7 Å². The second-order valence-electron chi connectivity index (χ2n) is 7.39. The molecule has 1 heteroatoms. The van der Waals surface area contributed by atoms with Crippen molar-refractivity contribution in [3.05, 3.63) is 11.6 Å². The normalized spacial score (nSPS) is 48.2. The van der Waals surface area contributed by atoms with E-state index in [2.05, 4.69) is 26.8 Å². The molecule has 18 heavy (non-hydrogen) atoms. The topological polar surface area (TPSA) is 17.1 Å². The van der Waals surface area contributed by atoms with Crippen molar-refractivity contribution in [3.8, 4) is 0 Å². The third kappa shape index (κ3) is 1.55. The Morgan fingerprint density at radius 3 is 2.78 bits per heavy atom. The molecule has 4 atom stereocenters. The lowest BCUT2D eigenvalue weighted by Crippen LogP contribution is -2.49. The standard InChI is InChI=1S/C17H26O/c1-12-13-7-10-16(2)9-5-4-6-15(16)17(13,3)11-8-14(12)18/h6,12-13H,4-5,7-11H2,1-3H3/t12?,13?,16-,17+/m1/s1. The van der Waals surface area contributed by atoms with Gasteiger partial charge < -0.3 is 0 Å². The van der Waals surface area contributed by atoms with Crippen LogP contribution < -0.4 is 0 Å². The molecule has 3 rings (SSSR count). The fourth-order valence-corrected chi connectivity index (χ4v) is 5.25. The summed E-state index contributed by atoms with van der Waals surface area (Å²) in [6.07, 6.45) is 11.0. The second kappa shape index (κ2) is 3.95. The van der Waals surface area contributed by atoms with E-state index in [1.165, 1.54) is 32.1 Å². The van der Waals surface area contributed by atoms with Crippen LogP contribution in [0.2, 0.25) is 0 Å². The van der Waals surface area contributed by atoms with Gasteiger partial charge in [-0.3, -0.25) is 4.79 Å². The van der Waals surface area contributed by atoms with Gasteiger partial charge in [0.2, 0.25) is 0 Å². The van der Waals surface area contributed by atoms with Gasteiger partial charge in [0, 0.05) is 12.3 Å². The number of carbonyl (C=O) groups excluding carboxylic acids is 1. The van der Waals surface area contributed by atoms with E-state index in [0.29, 0.717) is 22.5 Å². The predicted octanol–water partition coefficient (Wildman–Crippen LogP) is 4.52. The summed E-state index contributed by atoms with van der Waals surface area (Å²) < 4.78 is 0. The van der Waals surface area contributed by atoms with E-state index in [1.807, 2.05) is 0 Å². The quantitative estimate of drug-likeness (QED) is 0.574. The molecule has 0 bridgehead atoms. The van der Waals surface area contributed by atoms with E-state index in [1.54, 1.807) is 5.57 Å². The zero-order valence-electron chi connectivity index (χ0n) is 12.1. The smallest absolute Gasteiger partial charge is 0.136 e. The Labute approximate surface area is 111 Å². The minimum Gasteiger partial charge on any atom is -0.299 e. The third-order valence-corrected chi connectivity index (χ3v) is 6.37. The first-order chi connectivity index (χ1) is 8.47. The number of rotatable bonds is 0. The van der Waals surface area contributed by atoms with Crippen LogP contribution >= 0.6 is 0 Å². The number of hydrogen-bond acceptors (Lipinski definition) is 1. The highest BCUT2D eigenvalue weighted by atomic mass is 16.1. The highest BCUT2D eigenvalue weighted by molar-refractivity contribution is 5.82. The lowest BCUT2D eigenvalue weighted by atomic mass is 9.47. The molecule has 100 valence electrons. The summed E-state index contributed by atoms with van der Waals surface area (Å²) in [5.41, 5.74) is 2.49. The molecule has 0 aromatic carbocycles. The molecular weight excluding hydrogens is 220 g/mol. The molecule has 2 fully saturated rings. The molecule has 1 nitrogen and oxygen atoms in total. The summed E-state index contributed by atoms with van der Waals surface area (Å²) in [6.45, 7) is 7.10. The minimum absolute atomic E-state index is 0.288. The Morgan fingerprint density at radius 2 is 2.00 bits per heavy atom. The van der Waals surface area contributed by atoms with Crippen LogP contribution in [0.3, 0.4) is 0 Å². The Morgan fingerprint density at radius 1 is 1.22 bits per heavy atom. The molecule has 3 aliphatic rings. The van der Waals surface area contributed by atoms with Crippen molar-refractivity contribution in [2.75, 3.05) is 0 Å². The fourth-order valence-electron chi connectivity index (χ4n) is 5.25. The van der Waals surface area contributed by atoms with Gasteiger partial charge in [0.15, 0.2) is 0 Å². The van der Waals surface area contributed by atoms with Crippen LogP contribution in [-0.2, 0) is 4.79 Å². The van der Waals surface area contributed by atoms with Crippen LogP contribution in [0.5, 0.6) is 0 Å². The summed E-state index contributed by atoms with van der Waals surface area (Å²) >= 11 is 0. The van der Waals surface area contributed by atoms with Crippen LogP contribution in [0.25, 0.3) is 0 Å². The van der Waals surface area contributed by atoms with E-state index in [4.69, 9.17) is 0 Å². The van der Waals surface area contributed by atoms with E-state index < -0.39 is 0 Å². The highest BCUT2D eigenvalue weighted by Gasteiger charge is 2.54. The predicted molar refractivity (Wildman–Crippen MR) is 74.3 cm³/mol. The Kier molecular flexibility index (Phi) is 2.73. The summed E-state index contributed by atoms with van der Waals surface area (Å²) in [5, 5.41) is 0. The highest BCUT2D eigenvalue weighted by Crippen LogP contribution is 2.62. The Balaban J connectivity index is 2.02. The zero-order chi connectivity index (χ0) is 13.0. The van der Waals surface area contributed by atoms with E-state index in [-0.39, 0.29) is 5.92 Å². The van der Waals surface area contributed by atoms with Crippen LogP contribution in [0.15, 0.2) is 11.6 Å². The molecule has 0 N–H and O–H groups in total. The van der Waals surface area contributed by atoms with Crippen molar-refractivity contribution in [2.24, 2.45) is 22.7 Å². The van der Waals surface area contributed by atoms with Crippen LogP contribution in [0.4, 0.5) is 0 Å². The molecule has 0 aromatic heterocycles. The maximum atomic E-state index is 12.0. The first-order valence-electron chi connectivity index (χ1n) is 7.71. The maximum absolute atomic E-state index is 12.0. The minimum atomic E-state index is 0.288. The van der Waals surface area contributed by atoms with Gasteiger partial charge >= 0.3 is 0 Å². The van der Waals surface area contributed by atoms with Crippen molar-refractivity contribution in [1.29, 1.82) is 0 Å². The SMILES string of the molecule is CC1C(=O)CC[C@]2(C)C3=CCCC[C@]3(C)CCC12. The molecule has 2 unspecified atom stereocenters. The molecule has 0 radical (unpaired) electrons. The Bertz CT molecular complexity index is 408. The molecule has 0 aromatic rings. The molecule has 0 aliphatic heterocycles. The molecule has 0 spiro atoms. The third-order valence-electron chi connectivity index (χ3n) is 6.37. The number of hydrogen-bond donors (Lipinski definition) is 0. The van der Waals surface area contributed by atoms with Crippen molar-refractivity contribution in [1.82, 2.24) is 0 Å². The van der Waals surface area contributed by atoms with Crippen LogP contribution in [0, 0.1) is 22.7 Å². The number of Topliss-reactive ketones (excluding diaryl/α,β-unsaturated/α-hetero) is 1. The van der Waals surface area contributed by atoms with Gasteiger partial charge in [0.05, 0.1) is 0 Å². The van der Waals surface area contributed by atoms with Gasteiger partial charge in [-0.05, 0) is 55.3 Å². The zero-order valence-corrected chi connectivity index (χ0v) is 12.1. The monoisotopic (exact) mass is 246 g/mol. The van der Waals surface area contributed by atoms with Gasteiger partial charge in [-0.15, -0.1) is 0 Å². The molecule has 0 heterocycles. The fraction of sp³-hybridized carbons (Fsp3) is 0.824. The molecule has 0 saturated heterocycles. The molecule has 3 aliphatic carbocycles. The summed E-state index contributed by atoms with van der Waals surface area (Å²) in [6, 6.07) is 0. The van der Waals surface area contributed by atoms with E-state index in [0.717, 1.165) is 12.8 Å². The van der Waals surface area contributed by atoms with Crippen LogP contribution in [-0.4, -0.2) is 5.78 Å². The lowest BCUT2D eigenvalue weighted by molar-refractivity contribution is -0.131. The van der Waals surface area contributed by atoms with Crippen molar-refractivity contribution < 1.29 is 4.79 Å². The lowest BCUT2D eigenvalue weighted by Gasteiger charge is -2.57. The summed E-state index contributed by atoms with van der Waals surface area (Å²) in [4.78, 5) is 12.0. The largest absolute Gasteiger partial charge is 0.299 e. The number of allylic oxidation sites excluding steroid dienone is 2. The van der Waals surface area contributed by atoms with Gasteiger partial charge in [0.25, 0.3) is 0 Å². The number of fused-ring (bicyclic) bond motifs is 3. The average Bonchev–Trinajstić information content (AvgIpc) is 2.34. The average molecular weight is 246 g/mol. The van der Waals surface area contributed by atoms with Crippen LogP contribution in [0.1, 0.15) is 65.7 Å². The number of carbonyl (C=O) groups is 1. The Hall–Kier alpha value is -0.590. The first-order valence-corrected chi connectivity index (χ1v) is 7.71. The van der Waals surface area contributed by atoms with E-state index >= 15 is 0 Å². The van der Waals surface area contributed by atoms with Gasteiger partial charge in [-0.1, -0.05) is 32.4 Å². The first kappa shape index (κ1) is 12.4. The van der Waals surface area contributed by atoms with Crippen molar-refractivity contribution >= 4 is 5.78 Å².